The molecule has 1 amide bonds. The monoisotopic (exact) mass is 379 g/mol. The number of rotatable bonds is 5. The molecule has 0 aliphatic heterocycles. The predicted molar refractivity (Wildman–Crippen MR) is 97.0 cm³/mol. The molecular formula is C15H13N3O3S3. The Kier molecular flexibility index (Phi) is 4.65. The van der Waals surface area contributed by atoms with Gasteiger partial charge < -0.3 is 5.32 Å². The molecule has 0 radical (unpaired) electrons. The van der Waals surface area contributed by atoms with Gasteiger partial charge in [-0.1, -0.05) is 18.2 Å². The van der Waals surface area contributed by atoms with Gasteiger partial charge in [-0.3, -0.25) is 9.52 Å². The van der Waals surface area contributed by atoms with Gasteiger partial charge in [-0.2, -0.15) is 0 Å². The Hall–Kier alpha value is -2.23. The van der Waals surface area contributed by atoms with Crippen LogP contribution in [0.5, 0.6) is 0 Å². The molecule has 3 aromatic rings. The second-order valence-electron chi connectivity index (χ2n) is 4.83. The van der Waals surface area contributed by atoms with Crippen molar-refractivity contribution in [2.45, 2.75) is 11.1 Å². The Labute approximate surface area is 147 Å². The number of nitrogens with zero attached hydrogens (tertiary/aromatic N) is 1. The summed E-state index contributed by atoms with van der Waals surface area (Å²) in [4.78, 5) is 15.3. The highest BCUT2D eigenvalue weighted by atomic mass is 32.2. The molecule has 9 heteroatoms. The van der Waals surface area contributed by atoms with Crippen molar-refractivity contribution in [2.75, 3.05) is 10.0 Å². The molecule has 0 atom stereocenters. The van der Waals surface area contributed by atoms with Crippen LogP contribution in [0.15, 0.2) is 51.4 Å². The summed E-state index contributed by atoms with van der Waals surface area (Å²) in [7, 11) is -3.59. The second kappa shape index (κ2) is 6.71. The summed E-state index contributed by atoms with van der Waals surface area (Å²) in [6, 6.07) is 10.4. The lowest BCUT2D eigenvalue weighted by Crippen LogP contribution is -2.11. The van der Waals surface area contributed by atoms with Crippen LogP contribution in [0.3, 0.4) is 0 Å². The van der Waals surface area contributed by atoms with E-state index >= 15 is 0 Å². The minimum absolute atomic E-state index is 0.137. The van der Waals surface area contributed by atoms with Crippen LogP contribution in [-0.4, -0.2) is 19.3 Å². The lowest BCUT2D eigenvalue weighted by molar-refractivity contribution is -0.114. The van der Waals surface area contributed by atoms with E-state index in [1.807, 2.05) is 12.1 Å². The minimum atomic E-state index is -3.59. The van der Waals surface area contributed by atoms with Crippen LogP contribution in [0.25, 0.3) is 11.3 Å². The Bertz CT molecular complexity index is 946. The molecule has 2 aromatic heterocycles. The van der Waals surface area contributed by atoms with Crippen LogP contribution < -0.4 is 10.0 Å². The van der Waals surface area contributed by atoms with Gasteiger partial charge in [0, 0.05) is 23.6 Å². The standard InChI is InChI=1S/C15H13N3O3S3/c1-10(19)16-12-6-4-11(5-7-12)13-9-23-15(17-13)18-24(20,21)14-3-2-8-22-14/h2-9H,1H3,(H,16,19)(H,17,18). The van der Waals surface area contributed by atoms with Gasteiger partial charge in [0.15, 0.2) is 5.13 Å². The molecule has 0 spiro atoms. The van der Waals surface area contributed by atoms with E-state index in [0.29, 0.717) is 16.5 Å². The number of anilines is 2. The highest BCUT2D eigenvalue weighted by Crippen LogP contribution is 2.28. The van der Waals surface area contributed by atoms with E-state index in [2.05, 4.69) is 15.0 Å². The average molecular weight is 379 g/mol. The predicted octanol–water partition coefficient (Wildman–Crippen LogP) is 3.63. The van der Waals surface area contributed by atoms with E-state index < -0.39 is 10.0 Å². The number of amides is 1. The quantitative estimate of drug-likeness (QED) is 0.708. The number of aromatic nitrogens is 1. The molecule has 3 rings (SSSR count). The van der Waals surface area contributed by atoms with Crippen molar-refractivity contribution in [1.29, 1.82) is 0 Å². The SMILES string of the molecule is CC(=O)Nc1ccc(-c2csc(NS(=O)(=O)c3cccs3)n2)cc1. The number of hydrogen-bond donors (Lipinski definition) is 2. The van der Waals surface area contributed by atoms with Gasteiger partial charge in [-0.05, 0) is 23.6 Å². The van der Waals surface area contributed by atoms with E-state index in [1.54, 1.807) is 35.0 Å². The third-order valence-electron chi connectivity index (χ3n) is 2.99. The largest absolute Gasteiger partial charge is 0.326 e. The Morgan fingerprint density at radius 1 is 1.12 bits per heavy atom. The number of carbonyl (C=O) groups excluding carboxylic acids is 1. The van der Waals surface area contributed by atoms with Crippen molar-refractivity contribution >= 4 is 49.4 Å². The number of thiazole rings is 1. The van der Waals surface area contributed by atoms with Crippen LogP contribution in [0.2, 0.25) is 0 Å². The lowest BCUT2D eigenvalue weighted by Gasteiger charge is -2.03. The van der Waals surface area contributed by atoms with E-state index in [1.165, 1.54) is 18.3 Å². The van der Waals surface area contributed by atoms with Crippen LogP contribution in [0.1, 0.15) is 6.92 Å². The number of sulfonamides is 1. The number of nitrogens with one attached hydrogen (secondary N) is 2. The summed E-state index contributed by atoms with van der Waals surface area (Å²) >= 11 is 2.37. The molecule has 1 aromatic carbocycles. The van der Waals surface area contributed by atoms with Crippen LogP contribution >= 0.6 is 22.7 Å². The zero-order chi connectivity index (χ0) is 17.2. The average Bonchev–Trinajstić information content (AvgIpc) is 3.18. The first-order chi connectivity index (χ1) is 11.4. The maximum atomic E-state index is 12.2. The molecule has 24 heavy (non-hydrogen) atoms. The summed E-state index contributed by atoms with van der Waals surface area (Å²) in [6.45, 7) is 1.44. The summed E-state index contributed by atoms with van der Waals surface area (Å²) in [5.41, 5.74) is 2.19. The van der Waals surface area contributed by atoms with E-state index in [-0.39, 0.29) is 10.1 Å². The number of carbonyl (C=O) groups is 1. The molecule has 0 bridgehead atoms. The molecule has 2 N–H and O–H groups in total. The minimum Gasteiger partial charge on any atom is -0.326 e. The van der Waals surface area contributed by atoms with Gasteiger partial charge in [0.1, 0.15) is 4.21 Å². The molecule has 0 unspecified atom stereocenters. The maximum Gasteiger partial charge on any atom is 0.273 e. The summed E-state index contributed by atoms with van der Waals surface area (Å²) < 4.78 is 27.1. The number of hydrogen-bond acceptors (Lipinski definition) is 6. The first-order valence-corrected chi connectivity index (χ1v) is 10.1. The van der Waals surface area contributed by atoms with E-state index in [4.69, 9.17) is 0 Å². The van der Waals surface area contributed by atoms with Crippen molar-refractivity contribution in [3.05, 3.63) is 47.2 Å². The highest BCUT2D eigenvalue weighted by Gasteiger charge is 2.17. The molecular weight excluding hydrogens is 366 g/mol. The van der Waals surface area contributed by atoms with E-state index in [0.717, 1.165) is 16.9 Å². The van der Waals surface area contributed by atoms with Gasteiger partial charge >= 0.3 is 0 Å². The molecule has 0 saturated carbocycles. The zero-order valence-corrected chi connectivity index (χ0v) is 15.0. The van der Waals surface area contributed by atoms with Crippen molar-refractivity contribution in [1.82, 2.24) is 4.98 Å². The Balaban J connectivity index is 1.77. The van der Waals surface area contributed by atoms with Crippen LogP contribution in [0.4, 0.5) is 10.8 Å². The van der Waals surface area contributed by atoms with Crippen molar-refractivity contribution in [3.8, 4) is 11.3 Å². The summed E-state index contributed by atoms with van der Waals surface area (Å²) in [6.07, 6.45) is 0. The normalized spacial score (nSPS) is 11.2. The fraction of sp³-hybridized carbons (Fsp3) is 0.0667. The van der Waals surface area contributed by atoms with Gasteiger partial charge in [0.2, 0.25) is 5.91 Å². The summed E-state index contributed by atoms with van der Waals surface area (Å²) in [5.74, 6) is -0.137. The highest BCUT2D eigenvalue weighted by molar-refractivity contribution is 7.94. The lowest BCUT2D eigenvalue weighted by atomic mass is 10.1. The summed E-state index contributed by atoms with van der Waals surface area (Å²) in [5, 5.41) is 6.48. The molecule has 6 nitrogen and oxygen atoms in total. The number of benzene rings is 1. The fourth-order valence-corrected chi connectivity index (χ4v) is 4.93. The van der Waals surface area contributed by atoms with Gasteiger partial charge in [0.05, 0.1) is 5.69 Å². The molecule has 0 fully saturated rings. The van der Waals surface area contributed by atoms with Crippen LogP contribution in [0, 0.1) is 0 Å². The van der Waals surface area contributed by atoms with Crippen molar-refractivity contribution < 1.29 is 13.2 Å². The molecule has 2 heterocycles. The van der Waals surface area contributed by atoms with Crippen molar-refractivity contribution in [3.63, 3.8) is 0 Å². The van der Waals surface area contributed by atoms with Gasteiger partial charge in [0.25, 0.3) is 10.0 Å². The molecule has 0 saturated heterocycles. The third kappa shape index (κ3) is 3.81. The maximum absolute atomic E-state index is 12.2. The van der Waals surface area contributed by atoms with Gasteiger partial charge in [-0.25, -0.2) is 13.4 Å². The first kappa shape index (κ1) is 16.6. The molecule has 0 aliphatic rings. The smallest absolute Gasteiger partial charge is 0.273 e. The Morgan fingerprint density at radius 3 is 2.50 bits per heavy atom. The molecule has 124 valence electrons. The first-order valence-electron chi connectivity index (χ1n) is 6.84. The topological polar surface area (TPSA) is 88.2 Å². The van der Waals surface area contributed by atoms with Gasteiger partial charge in [-0.15, -0.1) is 22.7 Å². The second-order valence-corrected chi connectivity index (χ2v) is 8.55. The van der Waals surface area contributed by atoms with Crippen LogP contribution in [-0.2, 0) is 14.8 Å². The Morgan fingerprint density at radius 2 is 1.88 bits per heavy atom. The molecule has 0 aliphatic carbocycles. The van der Waals surface area contributed by atoms with Crippen molar-refractivity contribution in [2.24, 2.45) is 0 Å². The zero-order valence-electron chi connectivity index (χ0n) is 12.5. The fourth-order valence-electron chi connectivity index (χ4n) is 1.96. The van der Waals surface area contributed by atoms with E-state index in [9.17, 15) is 13.2 Å². The number of thiophene rings is 1. The third-order valence-corrected chi connectivity index (χ3v) is 6.61.